The summed E-state index contributed by atoms with van der Waals surface area (Å²) in [4.78, 5) is 13.2. The maximum absolute atomic E-state index is 5.47. The monoisotopic (exact) mass is 301 g/mol. The molecule has 0 amide bonds. The Morgan fingerprint density at radius 3 is 2.62 bits per heavy atom. The molecular formula is C15H15N3O2S. The van der Waals surface area contributed by atoms with Crippen LogP contribution in [0.2, 0.25) is 0 Å². The Kier molecular flexibility index (Phi) is 3.70. The Balaban J connectivity index is 2.16. The lowest BCUT2D eigenvalue weighted by Gasteiger charge is -2.07. The van der Waals surface area contributed by atoms with Crippen molar-refractivity contribution in [3.63, 3.8) is 0 Å². The fourth-order valence-corrected chi connectivity index (χ4v) is 2.61. The van der Waals surface area contributed by atoms with Crippen LogP contribution in [0, 0.1) is 0 Å². The molecule has 108 valence electrons. The zero-order valence-corrected chi connectivity index (χ0v) is 12.8. The summed E-state index contributed by atoms with van der Waals surface area (Å²) in [5.74, 6) is 2.21. The van der Waals surface area contributed by atoms with Crippen molar-refractivity contribution in [1.29, 1.82) is 0 Å². The van der Waals surface area contributed by atoms with Gasteiger partial charge >= 0.3 is 0 Å². The maximum Gasteiger partial charge on any atom is 0.181 e. The van der Waals surface area contributed by atoms with Crippen LogP contribution in [0.25, 0.3) is 22.6 Å². The molecule has 0 unspecified atom stereocenters. The summed E-state index contributed by atoms with van der Waals surface area (Å²) in [6.07, 6.45) is 3.71. The van der Waals surface area contributed by atoms with Gasteiger partial charge in [-0.1, -0.05) is 0 Å². The summed E-state index contributed by atoms with van der Waals surface area (Å²) >= 11 is 1.67. The number of rotatable bonds is 4. The van der Waals surface area contributed by atoms with Crippen LogP contribution in [-0.2, 0) is 0 Å². The van der Waals surface area contributed by atoms with Crippen LogP contribution in [-0.4, -0.2) is 35.4 Å². The smallest absolute Gasteiger partial charge is 0.181 e. The fraction of sp³-hybridized carbons (Fsp3) is 0.200. The molecule has 0 radical (unpaired) electrons. The first-order valence-electron chi connectivity index (χ1n) is 6.38. The van der Waals surface area contributed by atoms with Gasteiger partial charge in [0.05, 0.1) is 19.8 Å². The normalized spacial score (nSPS) is 10.8. The Morgan fingerprint density at radius 1 is 1.10 bits per heavy atom. The van der Waals surface area contributed by atoms with E-state index in [9.17, 15) is 0 Å². The van der Waals surface area contributed by atoms with Crippen LogP contribution in [0.5, 0.6) is 11.5 Å². The zero-order valence-electron chi connectivity index (χ0n) is 12.0. The van der Waals surface area contributed by atoms with Crippen LogP contribution in [0.3, 0.4) is 0 Å². The van der Waals surface area contributed by atoms with E-state index in [0.29, 0.717) is 11.5 Å². The van der Waals surface area contributed by atoms with Gasteiger partial charge in [0.25, 0.3) is 0 Å². The highest BCUT2D eigenvalue weighted by Crippen LogP contribution is 2.33. The molecule has 0 fully saturated rings. The second kappa shape index (κ2) is 5.65. The molecule has 0 aliphatic carbocycles. The molecule has 0 saturated carbocycles. The molecular weight excluding hydrogens is 286 g/mol. The summed E-state index contributed by atoms with van der Waals surface area (Å²) in [7, 11) is 3.29. The van der Waals surface area contributed by atoms with Crippen molar-refractivity contribution in [1.82, 2.24) is 15.0 Å². The summed E-state index contributed by atoms with van der Waals surface area (Å²) in [6.45, 7) is 0. The number of hydrogen-bond donors (Lipinski definition) is 1. The predicted molar refractivity (Wildman–Crippen MR) is 84.2 cm³/mol. The minimum absolute atomic E-state index is 0.625. The first-order chi connectivity index (χ1) is 10.3. The van der Waals surface area contributed by atoms with E-state index in [1.807, 2.05) is 24.5 Å². The molecule has 21 heavy (non-hydrogen) atoms. The number of imidazole rings is 1. The second-order valence-corrected chi connectivity index (χ2v) is 5.24. The van der Waals surface area contributed by atoms with E-state index in [4.69, 9.17) is 9.47 Å². The van der Waals surface area contributed by atoms with Crippen molar-refractivity contribution >= 4 is 22.9 Å². The number of pyridine rings is 1. The number of nitrogens with zero attached hydrogens (tertiary/aromatic N) is 2. The number of nitrogens with one attached hydrogen (secondary N) is 1. The Labute approximate surface area is 126 Å². The van der Waals surface area contributed by atoms with Crippen molar-refractivity contribution in [3.05, 3.63) is 30.5 Å². The van der Waals surface area contributed by atoms with Crippen molar-refractivity contribution in [2.24, 2.45) is 0 Å². The Hall–Kier alpha value is -2.21. The van der Waals surface area contributed by atoms with E-state index < -0.39 is 0 Å². The Morgan fingerprint density at radius 2 is 1.90 bits per heavy atom. The van der Waals surface area contributed by atoms with E-state index in [0.717, 1.165) is 27.5 Å². The molecule has 2 aromatic heterocycles. The number of fused-ring (bicyclic) bond motifs is 1. The largest absolute Gasteiger partial charge is 0.496 e. The summed E-state index contributed by atoms with van der Waals surface area (Å²) in [6, 6.07) is 7.84. The molecule has 0 bridgehead atoms. The van der Waals surface area contributed by atoms with Gasteiger partial charge in [-0.25, -0.2) is 9.97 Å². The molecule has 0 aliphatic rings. The summed E-state index contributed by atoms with van der Waals surface area (Å²) in [5.41, 5.74) is 2.31. The van der Waals surface area contributed by atoms with Gasteiger partial charge < -0.3 is 14.5 Å². The van der Waals surface area contributed by atoms with Crippen molar-refractivity contribution in [3.8, 4) is 22.9 Å². The number of aromatic nitrogens is 3. The van der Waals surface area contributed by atoms with E-state index >= 15 is 0 Å². The van der Waals surface area contributed by atoms with Crippen LogP contribution >= 0.6 is 11.8 Å². The van der Waals surface area contributed by atoms with Gasteiger partial charge in [-0.2, -0.15) is 0 Å². The van der Waals surface area contributed by atoms with E-state index in [1.54, 1.807) is 38.2 Å². The van der Waals surface area contributed by atoms with E-state index in [1.165, 1.54) is 0 Å². The number of H-pyrrole nitrogens is 1. The molecule has 0 saturated heterocycles. The molecule has 6 heteroatoms. The van der Waals surface area contributed by atoms with Gasteiger partial charge in [0.2, 0.25) is 0 Å². The highest BCUT2D eigenvalue weighted by molar-refractivity contribution is 7.98. The molecule has 3 rings (SSSR count). The number of benzene rings is 1. The van der Waals surface area contributed by atoms with Crippen molar-refractivity contribution in [2.75, 3.05) is 20.5 Å². The lowest BCUT2D eigenvalue weighted by molar-refractivity contribution is 0.415. The third kappa shape index (κ3) is 2.42. The van der Waals surface area contributed by atoms with E-state index in [2.05, 4.69) is 15.0 Å². The van der Waals surface area contributed by atoms with Crippen molar-refractivity contribution in [2.45, 2.75) is 4.90 Å². The van der Waals surface area contributed by atoms with E-state index in [-0.39, 0.29) is 0 Å². The number of methoxy groups -OCH3 is 2. The topological polar surface area (TPSA) is 60.0 Å². The van der Waals surface area contributed by atoms with Crippen LogP contribution in [0.1, 0.15) is 0 Å². The van der Waals surface area contributed by atoms with Gasteiger partial charge in [0, 0.05) is 17.2 Å². The number of ether oxygens (including phenoxy) is 2. The third-order valence-electron chi connectivity index (χ3n) is 3.24. The molecule has 3 aromatic rings. The summed E-state index contributed by atoms with van der Waals surface area (Å²) in [5, 5.41) is 0. The summed E-state index contributed by atoms with van der Waals surface area (Å²) < 4.78 is 10.8. The molecule has 1 N–H and O–H groups in total. The van der Waals surface area contributed by atoms with Crippen LogP contribution in [0.4, 0.5) is 0 Å². The number of hydrogen-bond acceptors (Lipinski definition) is 5. The quantitative estimate of drug-likeness (QED) is 0.749. The molecule has 0 aliphatic heterocycles. The zero-order chi connectivity index (χ0) is 14.8. The third-order valence-corrected chi connectivity index (χ3v) is 3.96. The van der Waals surface area contributed by atoms with Gasteiger partial charge in [0.1, 0.15) is 22.8 Å². The molecule has 5 nitrogen and oxygen atoms in total. The maximum atomic E-state index is 5.47. The van der Waals surface area contributed by atoms with Gasteiger partial charge in [-0.15, -0.1) is 11.8 Å². The van der Waals surface area contributed by atoms with Gasteiger partial charge in [-0.3, -0.25) is 0 Å². The lowest BCUT2D eigenvalue weighted by atomic mass is 10.2. The number of aromatic amines is 1. The lowest BCUT2D eigenvalue weighted by Crippen LogP contribution is -1.90. The second-order valence-electron chi connectivity index (χ2n) is 4.36. The minimum Gasteiger partial charge on any atom is -0.496 e. The first-order valence-corrected chi connectivity index (χ1v) is 7.60. The Bertz CT molecular complexity index is 786. The first kappa shape index (κ1) is 13.8. The molecule has 0 spiro atoms. The average Bonchev–Trinajstić information content (AvgIpc) is 2.97. The highest BCUT2D eigenvalue weighted by Gasteiger charge is 2.14. The number of thioether (sulfide) groups is 1. The van der Waals surface area contributed by atoms with Crippen molar-refractivity contribution < 1.29 is 9.47 Å². The minimum atomic E-state index is 0.625. The van der Waals surface area contributed by atoms with Crippen LogP contribution in [0.15, 0.2) is 35.4 Å². The fourth-order valence-electron chi connectivity index (χ4n) is 2.18. The molecule has 1 aromatic carbocycles. The van der Waals surface area contributed by atoms with Gasteiger partial charge in [0.15, 0.2) is 5.65 Å². The van der Waals surface area contributed by atoms with Crippen LogP contribution < -0.4 is 9.47 Å². The predicted octanol–water partition coefficient (Wildman–Crippen LogP) is 3.36. The molecule has 0 atom stereocenters. The van der Waals surface area contributed by atoms with Gasteiger partial charge in [-0.05, 0) is 24.5 Å². The highest BCUT2D eigenvalue weighted by atomic mass is 32.2. The SMILES string of the molecule is COc1cc(SC)ccc1-c1nc2nccc(OC)c2[nH]1. The standard InChI is InChI=1S/C15H15N3O2S/c1-19-11-6-7-16-15-13(11)17-14(18-15)10-5-4-9(21-3)8-12(10)20-2/h4-8H,1-3H3,(H,16,17,18). The average molecular weight is 301 g/mol. The molecule has 2 heterocycles.